The molecule has 4 rings (SSSR count). The highest BCUT2D eigenvalue weighted by Crippen LogP contribution is 2.38. The van der Waals surface area contributed by atoms with Crippen LogP contribution < -0.4 is 14.4 Å². The lowest BCUT2D eigenvalue weighted by Crippen LogP contribution is -2.18. The Labute approximate surface area is 173 Å². The van der Waals surface area contributed by atoms with E-state index in [1.54, 1.807) is 7.11 Å². The van der Waals surface area contributed by atoms with E-state index in [-0.39, 0.29) is 6.10 Å². The quantitative estimate of drug-likeness (QED) is 0.493. The predicted octanol–water partition coefficient (Wildman–Crippen LogP) is 6.06. The van der Waals surface area contributed by atoms with Crippen LogP contribution >= 0.6 is 0 Å². The number of hydrogen-bond acceptors (Lipinski definition) is 4. The second kappa shape index (κ2) is 8.99. The SMILES string of the molecule is COc1ccc(N(Cc2cccnc2)c2ccccc2C)cc1OC1CCCC1. The van der Waals surface area contributed by atoms with E-state index in [2.05, 4.69) is 59.3 Å². The fraction of sp³-hybridized carbons (Fsp3) is 0.320. The number of para-hydroxylation sites is 1. The predicted molar refractivity (Wildman–Crippen MR) is 117 cm³/mol. The lowest BCUT2D eigenvalue weighted by atomic mass is 10.1. The summed E-state index contributed by atoms with van der Waals surface area (Å²) in [5.74, 6) is 1.61. The van der Waals surface area contributed by atoms with Crippen LogP contribution in [0.5, 0.6) is 11.5 Å². The molecule has 4 heteroatoms. The van der Waals surface area contributed by atoms with Gasteiger partial charge in [0.15, 0.2) is 11.5 Å². The minimum atomic E-state index is 0.282. The molecule has 1 aliphatic rings. The third-order valence-corrected chi connectivity index (χ3v) is 5.52. The molecule has 0 amide bonds. The first-order valence-electron chi connectivity index (χ1n) is 10.3. The summed E-state index contributed by atoms with van der Waals surface area (Å²) in [5.41, 5.74) is 4.64. The summed E-state index contributed by atoms with van der Waals surface area (Å²) in [7, 11) is 1.70. The van der Waals surface area contributed by atoms with Crippen molar-refractivity contribution in [3.8, 4) is 11.5 Å². The van der Waals surface area contributed by atoms with Gasteiger partial charge in [0, 0.05) is 36.4 Å². The monoisotopic (exact) mass is 388 g/mol. The number of aryl methyl sites for hydroxylation is 1. The van der Waals surface area contributed by atoms with Gasteiger partial charge in [-0.1, -0.05) is 24.3 Å². The minimum Gasteiger partial charge on any atom is -0.493 e. The summed E-state index contributed by atoms with van der Waals surface area (Å²) in [4.78, 5) is 6.60. The maximum atomic E-state index is 6.34. The van der Waals surface area contributed by atoms with Crippen molar-refractivity contribution >= 4 is 11.4 Å². The van der Waals surface area contributed by atoms with E-state index in [1.807, 2.05) is 24.5 Å². The van der Waals surface area contributed by atoms with Crippen LogP contribution in [0.25, 0.3) is 0 Å². The summed E-state index contributed by atoms with van der Waals surface area (Å²) >= 11 is 0. The molecular weight excluding hydrogens is 360 g/mol. The molecule has 2 aromatic carbocycles. The van der Waals surface area contributed by atoms with E-state index >= 15 is 0 Å². The summed E-state index contributed by atoms with van der Waals surface area (Å²) in [5, 5.41) is 0. The number of benzene rings is 2. The maximum absolute atomic E-state index is 6.34. The Bertz CT molecular complexity index is 937. The Balaban J connectivity index is 1.72. The molecule has 0 radical (unpaired) electrons. The number of ether oxygens (including phenoxy) is 2. The summed E-state index contributed by atoms with van der Waals surface area (Å²) in [6, 6.07) is 18.8. The second-order valence-electron chi connectivity index (χ2n) is 7.59. The second-order valence-corrected chi connectivity index (χ2v) is 7.59. The molecule has 0 N–H and O–H groups in total. The van der Waals surface area contributed by atoms with Crippen LogP contribution in [-0.4, -0.2) is 18.2 Å². The van der Waals surface area contributed by atoms with Crippen molar-refractivity contribution in [1.29, 1.82) is 0 Å². The molecule has 4 nitrogen and oxygen atoms in total. The van der Waals surface area contributed by atoms with Crippen LogP contribution in [0.15, 0.2) is 67.0 Å². The van der Waals surface area contributed by atoms with Gasteiger partial charge in [0.1, 0.15) is 0 Å². The molecule has 1 aliphatic carbocycles. The van der Waals surface area contributed by atoms with E-state index < -0.39 is 0 Å². The van der Waals surface area contributed by atoms with E-state index in [0.29, 0.717) is 0 Å². The van der Waals surface area contributed by atoms with Crippen LogP contribution in [0.2, 0.25) is 0 Å². The van der Waals surface area contributed by atoms with Crippen molar-refractivity contribution in [2.24, 2.45) is 0 Å². The lowest BCUT2D eigenvalue weighted by Gasteiger charge is -2.28. The molecule has 0 unspecified atom stereocenters. The zero-order chi connectivity index (χ0) is 20.1. The first-order valence-corrected chi connectivity index (χ1v) is 10.3. The average molecular weight is 389 g/mol. The number of hydrogen-bond donors (Lipinski definition) is 0. The number of rotatable bonds is 7. The molecule has 0 bridgehead atoms. The Morgan fingerprint density at radius 1 is 1.00 bits per heavy atom. The normalized spacial score (nSPS) is 14.0. The van der Waals surface area contributed by atoms with Gasteiger partial charge in [-0.15, -0.1) is 0 Å². The van der Waals surface area contributed by atoms with Crippen LogP contribution in [0.3, 0.4) is 0 Å². The van der Waals surface area contributed by atoms with E-state index in [0.717, 1.165) is 42.1 Å². The zero-order valence-electron chi connectivity index (χ0n) is 17.2. The molecule has 0 saturated heterocycles. The van der Waals surface area contributed by atoms with Crippen LogP contribution in [0.4, 0.5) is 11.4 Å². The van der Waals surface area contributed by atoms with Crippen molar-refractivity contribution in [3.63, 3.8) is 0 Å². The van der Waals surface area contributed by atoms with Gasteiger partial charge in [-0.3, -0.25) is 4.98 Å². The first kappa shape index (κ1) is 19.3. The van der Waals surface area contributed by atoms with Crippen molar-refractivity contribution in [2.45, 2.75) is 45.3 Å². The van der Waals surface area contributed by atoms with Gasteiger partial charge < -0.3 is 14.4 Å². The van der Waals surface area contributed by atoms with Crippen molar-refractivity contribution in [2.75, 3.05) is 12.0 Å². The highest BCUT2D eigenvalue weighted by Gasteiger charge is 2.20. The van der Waals surface area contributed by atoms with E-state index in [4.69, 9.17) is 9.47 Å². The standard InChI is InChI=1S/C25H28N2O2/c1-19-8-3-6-12-23(19)27(18-20-9-7-15-26-17-20)21-13-14-24(28-2)25(16-21)29-22-10-4-5-11-22/h3,6-9,12-17,22H,4-5,10-11,18H2,1-2H3. The van der Waals surface area contributed by atoms with Crippen LogP contribution in [0, 0.1) is 6.92 Å². The summed E-state index contributed by atoms with van der Waals surface area (Å²) < 4.78 is 11.9. The highest BCUT2D eigenvalue weighted by atomic mass is 16.5. The number of nitrogens with zero attached hydrogens (tertiary/aromatic N) is 2. The molecule has 3 aromatic rings. The van der Waals surface area contributed by atoms with Gasteiger partial charge in [0.05, 0.1) is 13.2 Å². The molecule has 1 saturated carbocycles. The Morgan fingerprint density at radius 3 is 2.55 bits per heavy atom. The summed E-state index contributed by atoms with van der Waals surface area (Å²) in [6.07, 6.45) is 8.72. The molecular formula is C25H28N2O2. The van der Waals surface area contributed by atoms with Crippen molar-refractivity contribution in [1.82, 2.24) is 4.98 Å². The molecule has 1 aromatic heterocycles. The molecule has 150 valence electrons. The molecule has 0 aliphatic heterocycles. The van der Waals surface area contributed by atoms with Crippen LogP contribution in [0.1, 0.15) is 36.8 Å². The third kappa shape index (κ3) is 4.53. The highest BCUT2D eigenvalue weighted by molar-refractivity contribution is 5.69. The smallest absolute Gasteiger partial charge is 0.163 e. The minimum absolute atomic E-state index is 0.282. The number of aromatic nitrogens is 1. The third-order valence-electron chi connectivity index (χ3n) is 5.52. The first-order chi connectivity index (χ1) is 14.2. The molecule has 0 spiro atoms. The average Bonchev–Trinajstić information content (AvgIpc) is 3.26. The fourth-order valence-electron chi connectivity index (χ4n) is 3.97. The van der Waals surface area contributed by atoms with Crippen molar-refractivity contribution < 1.29 is 9.47 Å². The van der Waals surface area contributed by atoms with Gasteiger partial charge in [-0.25, -0.2) is 0 Å². The van der Waals surface area contributed by atoms with Gasteiger partial charge in [0.25, 0.3) is 0 Å². The van der Waals surface area contributed by atoms with Crippen molar-refractivity contribution in [3.05, 3.63) is 78.1 Å². The molecule has 1 heterocycles. The Hall–Kier alpha value is -3.01. The molecule has 1 fully saturated rings. The Morgan fingerprint density at radius 2 is 1.83 bits per heavy atom. The largest absolute Gasteiger partial charge is 0.493 e. The van der Waals surface area contributed by atoms with Gasteiger partial charge in [-0.05, 0) is 68.0 Å². The molecule has 0 atom stereocenters. The lowest BCUT2D eigenvalue weighted by molar-refractivity contribution is 0.201. The van der Waals surface area contributed by atoms with E-state index in [9.17, 15) is 0 Å². The molecule has 29 heavy (non-hydrogen) atoms. The number of methoxy groups -OCH3 is 1. The Kier molecular flexibility index (Phi) is 5.99. The van der Waals surface area contributed by atoms with Gasteiger partial charge in [-0.2, -0.15) is 0 Å². The number of pyridine rings is 1. The van der Waals surface area contributed by atoms with Gasteiger partial charge in [0.2, 0.25) is 0 Å². The topological polar surface area (TPSA) is 34.6 Å². The van der Waals surface area contributed by atoms with Crippen LogP contribution in [-0.2, 0) is 6.54 Å². The maximum Gasteiger partial charge on any atom is 0.163 e. The fourth-order valence-corrected chi connectivity index (χ4v) is 3.97. The number of anilines is 2. The van der Waals surface area contributed by atoms with Gasteiger partial charge >= 0.3 is 0 Å². The van der Waals surface area contributed by atoms with E-state index in [1.165, 1.54) is 24.1 Å². The summed E-state index contributed by atoms with van der Waals surface area (Å²) in [6.45, 7) is 2.87. The zero-order valence-corrected chi connectivity index (χ0v) is 17.2.